The quantitative estimate of drug-likeness (QED) is 0.496. The number of rotatable bonds is 5. The van der Waals surface area contributed by atoms with Crippen molar-refractivity contribution in [1.82, 2.24) is 9.55 Å². The summed E-state index contributed by atoms with van der Waals surface area (Å²) in [7, 11) is 0. The van der Waals surface area contributed by atoms with Crippen molar-refractivity contribution in [3.8, 4) is 11.4 Å². The highest BCUT2D eigenvalue weighted by Crippen LogP contribution is 2.32. The predicted octanol–water partition coefficient (Wildman–Crippen LogP) is 2.62. The van der Waals surface area contributed by atoms with E-state index in [2.05, 4.69) is 15.0 Å². The van der Waals surface area contributed by atoms with Gasteiger partial charge in [0.1, 0.15) is 5.75 Å². The minimum absolute atomic E-state index is 0.0283. The standard InChI is InChI=1S/C19H14F3N3O4/c20-19(21,22)29-11-3-5-15-13(9-11)16(27)17-24-14-8-10(23-6-1-7-26)2-4-12(14)18(28)25(15)17/h2-5,8-9,23,26H,1,6-7H2. The van der Waals surface area contributed by atoms with E-state index in [0.717, 1.165) is 16.7 Å². The molecule has 3 aromatic rings. The lowest BCUT2D eigenvalue weighted by molar-refractivity contribution is -0.274. The van der Waals surface area contributed by atoms with Crippen molar-refractivity contribution in [3.05, 3.63) is 58.1 Å². The van der Waals surface area contributed by atoms with Gasteiger partial charge in [0.15, 0.2) is 5.82 Å². The number of ketones is 1. The average molecular weight is 405 g/mol. The fourth-order valence-corrected chi connectivity index (χ4v) is 3.19. The number of aliphatic hydroxyl groups excluding tert-OH is 1. The summed E-state index contributed by atoms with van der Waals surface area (Å²) in [5.41, 5.74) is 0.510. The van der Waals surface area contributed by atoms with E-state index in [1.165, 1.54) is 6.07 Å². The number of carbonyl (C=O) groups excluding carboxylic acids is 1. The molecule has 1 aliphatic rings. The molecule has 0 fully saturated rings. The molecule has 7 nitrogen and oxygen atoms in total. The van der Waals surface area contributed by atoms with E-state index in [0.29, 0.717) is 18.7 Å². The Balaban J connectivity index is 1.78. The molecule has 2 heterocycles. The summed E-state index contributed by atoms with van der Waals surface area (Å²) < 4.78 is 42.3. The molecule has 2 N–H and O–H groups in total. The second-order valence-corrected chi connectivity index (χ2v) is 6.37. The summed E-state index contributed by atoms with van der Waals surface area (Å²) in [6.45, 7) is 0.540. The third-order valence-electron chi connectivity index (χ3n) is 4.42. The maximum atomic E-state index is 12.9. The molecule has 1 aromatic heterocycles. The first kappa shape index (κ1) is 18.9. The summed E-state index contributed by atoms with van der Waals surface area (Å²) >= 11 is 0. The molecule has 1 aliphatic heterocycles. The van der Waals surface area contributed by atoms with E-state index in [1.54, 1.807) is 18.2 Å². The third kappa shape index (κ3) is 3.42. The lowest BCUT2D eigenvalue weighted by Gasteiger charge is -2.10. The molecule has 150 valence electrons. The number of carbonyl (C=O) groups is 1. The highest BCUT2D eigenvalue weighted by atomic mass is 19.4. The van der Waals surface area contributed by atoms with Crippen LogP contribution >= 0.6 is 0 Å². The Kier molecular flexibility index (Phi) is 4.50. The van der Waals surface area contributed by atoms with Gasteiger partial charge in [0.2, 0.25) is 5.78 Å². The molecule has 0 unspecified atom stereocenters. The number of aromatic nitrogens is 2. The molecule has 10 heteroatoms. The van der Waals surface area contributed by atoms with Gasteiger partial charge in [0.05, 0.1) is 22.2 Å². The van der Waals surface area contributed by atoms with Gasteiger partial charge in [0, 0.05) is 18.8 Å². The van der Waals surface area contributed by atoms with Crippen LogP contribution in [-0.2, 0) is 0 Å². The van der Waals surface area contributed by atoms with Gasteiger partial charge in [-0.15, -0.1) is 13.2 Å². The van der Waals surface area contributed by atoms with Crippen molar-refractivity contribution in [2.75, 3.05) is 18.5 Å². The van der Waals surface area contributed by atoms with Crippen LogP contribution in [0.15, 0.2) is 41.2 Å². The van der Waals surface area contributed by atoms with Crippen LogP contribution in [0.25, 0.3) is 16.6 Å². The van der Waals surface area contributed by atoms with Gasteiger partial charge in [-0.05, 0) is 42.8 Å². The molecule has 0 radical (unpaired) electrons. The lowest BCUT2D eigenvalue weighted by Crippen LogP contribution is -2.21. The lowest BCUT2D eigenvalue weighted by atomic mass is 10.1. The Morgan fingerprint density at radius 2 is 1.93 bits per heavy atom. The molecule has 0 aliphatic carbocycles. The maximum Gasteiger partial charge on any atom is 0.573 e. The Hall–Kier alpha value is -3.40. The Bertz CT molecular complexity index is 1190. The van der Waals surface area contributed by atoms with Gasteiger partial charge in [-0.1, -0.05) is 0 Å². The van der Waals surface area contributed by atoms with Crippen molar-refractivity contribution < 1.29 is 27.8 Å². The van der Waals surface area contributed by atoms with Crippen molar-refractivity contribution in [2.45, 2.75) is 12.8 Å². The largest absolute Gasteiger partial charge is 0.573 e. The molecule has 0 spiro atoms. The van der Waals surface area contributed by atoms with Crippen LogP contribution in [0.3, 0.4) is 0 Å². The smallest absolute Gasteiger partial charge is 0.406 e. The predicted molar refractivity (Wildman–Crippen MR) is 97.6 cm³/mol. The van der Waals surface area contributed by atoms with E-state index in [1.807, 2.05) is 0 Å². The number of halogens is 3. The van der Waals surface area contributed by atoms with Crippen LogP contribution < -0.4 is 15.6 Å². The number of ether oxygens (including phenoxy) is 1. The minimum Gasteiger partial charge on any atom is -0.406 e. The number of hydrogen-bond acceptors (Lipinski definition) is 6. The van der Waals surface area contributed by atoms with Crippen molar-refractivity contribution >= 4 is 22.4 Å². The maximum absolute atomic E-state index is 12.9. The molecule has 0 saturated heterocycles. The number of nitrogens with one attached hydrogen (secondary N) is 1. The van der Waals surface area contributed by atoms with Gasteiger partial charge in [-0.2, -0.15) is 0 Å². The zero-order valence-corrected chi connectivity index (χ0v) is 14.8. The Morgan fingerprint density at radius 3 is 2.66 bits per heavy atom. The molecular weight excluding hydrogens is 391 g/mol. The first-order valence-electron chi connectivity index (χ1n) is 8.65. The molecule has 0 amide bonds. The summed E-state index contributed by atoms with van der Waals surface area (Å²) in [5.74, 6) is -1.38. The van der Waals surface area contributed by atoms with Crippen LogP contribution in [0, 0.1) is 0 Å². The van der Waals surface area contributed by atoms with Crippen molar-refractivity contribution in [3.63, 3.8) is 0 Å². The highest BCUT2D eigenvalue weighted by molar-refractivity contribution is 6.13. The Morgan fingerprint density at radius 1 is 1.14 bits per heavy atom. The Labute approximate surface area is 161 Å². The van der Waals surface area contributed by atoms with Gasteiger partial charge < -0.3 is 15.2 Å². The van der Waals surface area contributed by atoms with E-state index < -0.39 is 23.5 Å². The monoisotopic (exact) mass is 405 g/mol. The zero-order valence-electron chi connectivity index (χ0n) is 14.8. The summed E-state index contributed by atoms with van der Waals surface area (Å²) in [4.78, 5) is 29.9. The van der Waals surface area contributed by atoms with Gasteiger partial charge in [0.25, 0.3) is 5.56 Å². The molecule has 0 bridgehead atoms. The van der Waals surface area contributed by atoms with E-state index in [-0.39, 0.29) is 34.6 Å². The number of alkyl halides is 3. The van der Waals surface area contributed by atoms with Crippen molar-refractivity contribution in [2.24, 2.45) is 0 Å². The first-order chi connectivity index (χ1) is 13.8. The molecule has 0 atom stereocenters. The second-order valence-electron chi connectivity index (χ2n) is 6.37. The topological polar surface area (TPSA) is 93.5 Å². The molecule has 4 rings (SSSR count). The van der Waals surface area contributed by atoms with E-state index in [9.17, 15) is 22.8 Å². The summed E-state index contributed by atoms with van der Waals surface area (Å²) in [5, 5.41) is 12.2. The number of aliphatic hydroxyl groups is 1. The normalized spacial score (nSPS) is 12.8. The van der Waals surface area contributed by atoms with Crippen LogP contribution in [0.5, 0.6) is 5.75 Å². The fraction of sp³-hybridized carbons (Fsp3) is 0.211. The van der Waals surface area contributed by atoms with Crippen LogP contribution in [0.2, 0.25) is 0 Å². The van der Waals surface area contributed by atoms with E-state index >= 15 is 0 Å². The van der Waals surface area contributed by atoms with Gasteiger partial charge in [-0.3, -0.25) is 14.2 Å². The first-order valence-corrected chi connectivity index (χ1v) is 8.65. The number of fused-ring (bicyclic) bond motifs is 4. The van der Waals surface area contributed by atoms with Gasteiger partial charge in [-0.25, -0.2) is 4.98 Å². The zero-order chi connectivity index (χ0) is 20.8. The number of anilines is 1. The molecular formula is C19H14F3N3O4. The third-order valence-corrected chi connectivity index (χ3v) is 4.42. The number of nitrogens with zero attached hydrogens (tertiary/aromatic N) is 2. The fourth-order valence-electron chi connectivity index (χ4n) is 3.19. The SMILES string of the molecule is O=C1c2cc(OC(F)(F)F)ccc2-n2c1nc1cc(NCCCO)ccc1c2=O. The number of hydrogen-bond donors (Lipinski definition) is 2. The minimum atomic E-state index is -4.90. The van der Waals surface area contributed by atoms with Gasteiger partial charge >= 0.3 is 6.36 Å². The molecule has 0 saturated carbocycles. The molecule has 29 heavy (non-hydrogen) atoms. The molecule has 2 aromatic carbocycles. The average Bonchev–Trinajstić information content (AvgIpc) is 2.93. The van der Waals surface area contributed by atoms with Crippen LogP contribution in [0.4, 0.5) is 18.9 Å². The highest BCUT2D eigenvalue weighted by Gasteiger charge is 2.34. The van der Waals surface area contributed by atoms with Crippen LogP contribution in [0.1, 0.15) is 22.6 Å². The second kappa shape index (κ2) is 6.89. The summed E-state index contributed by atoms with van der Waals surface area (Å²) in [6.07, 6.45) is -4.36. The number of benzene rings is 2. The van der Waals surface area contributed by atoms with Crippen molar-refractivity contribution in [1.29, 1.82) is 0 Å². The van der Waals surface area contributed by atoms with E-state index in [4.69, 9.17) is 5.11 Å². The van der Waals surface area contributed by atoms with Crippen LogP contribution in [-0.4, -0.2) is 40.0 Å². The summed E-state index contributed by atoms with van der Waals surface area (Å²) in [6, 6.07) is 8.05.